The Labute approximate surface area is 147 Å². The smallest absolute Gasteiger partial charge is 0.290 e. The molecule has 1 aromatic carbocycles. The first-order valence-electron chi connectivity index (χ1n) is 8.49. The molecule has 0 bridgehead atoms. The summed E-state index contributed by atoms with van der Waals surface area (Å²) >= 11 is 0. The van der Waals surface area contributed by atoms with E-state index in [2.05, 4.69) is 32.7 Å². The van der Waals surface area contributed by atoms with Crippen molar-refractivity contribution in [1.82, 2.24) is 14.5 Å². The van der Waals surface area contributed by atoms with Crippen LogP contribution in [0.4, 0.5) is 0 Å². The van der Waals surface area contributed by atoms with Gasteiger partial charge in [-0.15, -0.1) is 0 Å². The summed E-state index contributed by atoms with van der Waals surface area (Å²) < 4.78 is 13.4. The van der Waals surface area contributed by atoms with Gasteiger partial charge in [0.1, 0.15) is 0 Å². The number of methoxy groups -OCH3 is 1. The average Bonchev–Trinajstić information content (AvgIpc) is 3.26. The highest BCUT2D eigenvalue weighted by Crippen LogP contribution is 2.41. The van der Waals surface area contributed by atoms with Crippen molar-refractivity contribution in [3.8, 4) is 0 Å². The SMILES string of the molecule is COC[C@@]12COC[C@@H]1CN(CCn1cnc3ccccc31)C2.O=CO. The lowest BCUT2D eigenvalue weighted by atomic mass is 9.82. The zero-order chi connectivity index (χ0) is 17.7. The van der Waals surface area contributed by atoms with E-state index in [1.165, 1.54) is 5.52 Å². The second-order valence-electron chi connectivity index (χ2n) is 6.77. The Morgan fingerprint density at radius 2 is 2.24 bits per heavy atom. The molecule has 4 rings (SSSR count). The van der Waals surface area contributed by atoms with Crippen molar-refractivity contribution in [2.75, 3.05) is 46.6 Å². The van der Waals surface area contributed by atoms with Crippen molar-refractivity contribution in [3.63, 3.8) is 0 Å². The van der Waals surface area contributed by atoms with Crippen molar-refractivity contribution >= 4 is 17.5 Å². The van der Waals surface area contributed by atoms with Crippen LogP contribution in [0.3, 0.4) is 0 Å². The minimum absolute atomic E-state index is 0.214. The summed E-state index contributed by atoms with van der Waals surface area (Å²) in [7, 11) is 1.80. The summed E-state index contributed by atoms with van der Waals surface area (Å²) in [5.74, 6) is 0.618. The minimum Gasteiger partial charge on any atom is -0.483 e. The number of ether oxygens (including phenoxy) is 2. The van der Waals surface area contributed by atoms with Crippen LogP contribution >= 0.6 is 0 Å². The predicted molar refractivity (Wildman–Crippen MR) is 93.5 cm³/mol. The maximum atomic E-state index is 8.36. The summed E-state index contributed by atoms with van der Waals surface area (Å²) in [5.41, 5.74) is 2.51. The maximum Gasteiger partial charge on any atom is 0.290 e. The number of likely N-dealkylation sites (tertiary alicyclic amines) is 1. The molecule has 0 saturated carbocycles. The molecule has 136 valence electrons. The van der Waals surface area contributed by atoms with Gasteiger partial charge in [-0.05, 0) is 12.1 Å². The lowest BCUT2D eigenvalue weighted by molar-refractivity contribution is -0.122. The number of carbonyl (C=O) groups is 1. The molecule has 25 heavy (non-hydrogen) atoms. The van der Waals surface area contributed by atoms with E-state index in [4.69, 9.17) is 19.4 Å². The van der Waals surface area contributed by atoms with E-state index in [1.807, 2.05) is 12.4 Å². The van der Waals surface area contributed by atoms with Gasteiger partial charge >= 0.3 is 0 Å². The zero-order valence-electron chi connectivity index (χ0n) is 14.5. The third-order valence-electron chi connectivity index (χ3n) is 5.21. The number of carboxylic acid groups (broad SMARTS) is 1. The number of aromatic nitrogens is 2. The molecule has 0 amide bonds. The van der Waals surface area contributed by atoms with Crippen molar-refractivity contribution in [3.05, 3.63) is 30.6 Å². The number of imidazole rings is 1. The normalized spacial score (nSPS) is 25.6. The van der Waals surface area contributed by atoms with E-state index in [0.29, 0.717) is 5.92 Å². The molecule has 7 heteroatoms. The first-order chi connectivity index (χ1) is 12.2. The number of fused-ring (bicyclic) bond motifs is 2. The molecule has 3 heterocycles. The van der Waals surface area contributed by atoms with Gasteiger partial charge in [-0.25, -0.2) is 4.98 Å². The van der Waals surface area contributed by atoms with Gasteiger partial charge in [0.15, 0.2) is 0 Å². The molecule has 1 N–H and O–H groups in total. The quantitative estimate of drug-likeness (QED) is 0.823. The first kappa shape index (κ1) is 17.8. The largest absolute Gasteiger partial charge is 0.483 e. The molecule has 0 unspecified atom stereocenters. The molecule has 2 fully saturated rings. The van der Waals surface area contributed by atoms with Crippen LogP contribution in [0.2, 0.25) is 0 Å². The Bertz CT molecular complexity index is 704. The fourth-order valence-electron chi connectivity index (χ4n) is 4.04. The number of hydrogen-bond acceptors (Lipinski definition) is 5. The molecule has 0 spiro atoms. The third kappa shape index (κ3) is 3.68. The second-order valence-corrected chi connectivity index (χ2v) is 6.77. The number of rotatable bonds is 5. The molecule has 2 saturated heterocycles. The fourth-order valence-corrected chi connectivity index (χ4v) is 4.04. The Kier molecular flexibility index (Phi) is 5.67. The van der Waals surface area contributed by atoms with E-state index in [9.17, 15) is 0 Å². The lowest BCUT2D eigenvalue weighted by Crippen LogP contribution is -2.35. The second kappa shape index (κ2) is 7.95. The van der Waals surface area contributed by atoms with Gasteiger partial charge in [-0.2, -0.15) is 0 Å². The molecule has 1 aromatic heterocycles. The van der Waals surface area contributed by atoms with Gasteiger partial charge in [0.25, 0.3) is 6.47 Å². The van der Waals surface area contributed by atoms with Crippen LogP contribution in [-0.4, -0.2) is 72.6 Å². The molecule has 0 radical (unpaired) electrons. The van der Waals surface area contributed by atoms with Crippen LogP contribution in [0, 0.1) is 11.3 Å². The third-order valence-corrected chi connectivity index (χ3v) is 5.21. The molecular weight excluding hydrogens is 322 g/mol. The molecule has 0 aliphatic carbocycles. The van der Waals surface area contributed by atoms with Crippen molar-refractivity contribution < 1.29 is 19.4 Å². The Balaban J connectivity index is 0.000000569. The van der Waals surface area contributed by atoms with Crippen LogP contribution in [0.5, 0.6) is 0 Å². The van der Waals surface area contributed by atoms with Gasteiger partial charge in [0.2, 0.25) is 0 Å². The van der Waals surface area contributed by atoms with Crippen molar-refractivity contribution in [2.45, 2.75) is 6.54 Å². The Morgan fingerprint density at radius 3 is 3.04 bits per heavy atom. The van der Waals surface area contributed by atoms with Crippen LogP contribution in [0.1, 0.15) is 0 Å². The molecule has 2 aliphatic rings. The molecule has 7 nitrogen and oxygen atoms in total. The van der Waals surface area contributed by atoms with E-state index >= 15 is 0 Å². The monoisotopic (exact) mass is 347 g/mol. The zero-order valence-corrected chi connectivity index (χ0v) is 14.5. The predicted octanol–water partition coefficient (Wildman–Crippen LogP) is 1.33. The highest BCUT2D eigenvalue weighted by atomic mass is 16.5. The fraction of sp³-hybridized carbons (Fsp3) is 0.556. The number of nitrogens with zero attached hydrogens (tertiary/aromatic N) is 3. The van der Waals surface area contributed by atoms with Gasteiger partial charge < -0.3 is 24.0 Å². The van der Waals surface area contributed by atoms with E-state index in [0.717, 1.165) is 51.5 Å². The molecule has 2 atom stereocenters. The number of para-hydroxylation sites is 2. The molecular formula is C18H25N3O4. The summed E-state index contributed by atoms with van der Waals surface area (Å²) in [6.45, 7) is 6.53. The lowest BCUT2D eigenvalue weighted by Gasteiger charge is -2.26. The summed E-state index contributed by atoms with van der Waals surface area (Å²) in [5, 5.41) is 6.89. The highest BCUT2D eigenvalue weighted by molar-refractivity contribution is 5.74. The van der Waals surface area contributed by atoms with Gasteiger partial charge in [-0.1, -0.05) is 12.1 Å². The minimum atomic E-state index is -0.250. The summed E-state index contributed by atoms with van der Waals surface area (Å²) in [6.07, 6.45) is 1.95. The van der Waals surface area contributed by atoms with E-state index in [-0.39, 0.29) is 11.9 Å². The van der Waals surface area contributed by atoms with Gasteiger partial charge in [-0.3, -0.25) is 4.79 Å². The number of hydrogen-bond donors (Lipinski definition) is 1. The summed E-state index contributed by atoms with van der Waals surface area (Å²) in [6, 6.07) is 8.32. The average molecular weight is 347 g/mol. The number of benzene rings is 1. The van der Waals surface area contributed by atoms with Gasteiger partial charge in [0, 0.05) is 44.6 Å². The van der Waals surface area contributed by atoms with Crippen LogP contribution in [-0.2, 0) is 20.8 Å². The van der Waals surface area contributed by atoms with Crippen molar-refractivity contribution in [2.24, 2.45) is 11.3 Å². The van der Waals surface area contributed by atoms with Crippen LogP contribution in [0.15, 0.2) is 30.6 Å². The maximum absolute atomic E-state index is 8.36. The van der Waals surface area contributed by atoms with E-state index in [1.54, 1.807) is 7.11 Å². The van der Waals surface area contributed by atoms with Crippen LogP contribution < -0.4 is 0 Å². The Hall–Kier alpha value is -1.96. The highest BCUT2D eigenvalue weighted by Gasteiger charge is 2.50. The summed E-state index contributed by atoms with van der Waals surface area (Å²) in [4.78, 5) is 15.4. The molecule has 2 aromatic rings. The Morgan fingerprint density at radius 1 is 1.44 bits per heavy atom. The van der Waals surface area contributed by atoms with E-state index < -0.39 is 0 Å². The standard InChI is InChI=1S/C17H23N3O2.CH2O2/c1-21-11-17-10-19(8-14(17)9-22-12-17)6-7-20-13-18-15-4-2-3-5-16(15)20;2-1-3/h2-5,13-14H,6-12H2,1H3;1H,(H,2,3)/t14-,17-;/m0./s1. The topological polar surface area (TPSA) is 76.8 Å². The van der Waals surface area contributed by atoms with Crippen molar-refractivity contribution in [1.29, 1.82) is 0 Å². The first-order valence-corrected chi connectivity index (χ1v) is 8.49. The van der Waals surface area contributed by atoms with Gasteiger partial charge in [0.05, 0.1) is 37.2 Å². The van der Waals surface area contributed by atoms with Crippen LogP contribution in [0.25, 0.3) is 11.0 Å². The molecule has 2 aliphatic heterocycles.